The lowest BCUT2D eigenvalue weighted by Gasteiger charge is -2.26. The van der Waals surface area contributed by atoms with Gasteiger partial charge in [-0.2, -0.15) is 0 Å². The largest absolute Gasteiger partial charge is 0.497 e. The monoisotopic (exact) mass is 463 g/mol. The van der Waals surface area contributed by atoms with E-state index in [0.717, 1.165) is 5.56 Å². The molecule has 0 saturated carbocycles. The number of aliphatic hydroxyl groups excluding tert-OH is 2. The van der Waals surface area contributed by atoms with Crippen LogP contribution >= 0.6 is 15.9 Å². The number of benzene rings is 2. The molecule has 2 aromatic rings. The first-order valence-electron chi connectivity index (χ1n) is 9.00. The predicted octanol–water partition coefficient (Wildman–Crippen LogP) is 2.40. The predicted molar refractivity (Wildman–Crippen MR) is 110 cm³/mol. The van der Waals surface area contributed by atoms with Gasteiger partial charge in [-0.05, 0) is 36.2 Å². The first-order chi connectivity index (χ1) is 13.9. The Morgan fingerprint density at radius 3 is 2.41 bits per heavy atom. The number of hydrogen-bond acceptors (Lipinski definition) is 6. The quantitative estimate of drug-likeness (QED) is 0.612. The fourth-order valence-electron chi connectivity index (χ4n) is 3.71. The molecule has 1 aliphatic rings. The Labute approximate surface area is 177 Å². The fourth-order valence-corrected chi connectivity index (χ4v) is 4.54. The van der Waals surface area contributed by atoms with Crippen LogP contribution in [0, 0.1) is 0 Å². The van der Waals surface area contributed by atoms with Gasteiger partial charge in [0.1, 0.15) is 11.2 Å². The number of esters is 1. The van der Waals surface area contributed by atoms with E-state index in [0.29, 0.717) is 21.5 Å². The van der Waals surface area contributed by atoms with Gasteiger partial charge >= 0.3 is 5.97 Å². The van der Waals surface area contributed by atoms with Gasteiger partial charge in [0.15, 0.2) is 0 Å². The van der Waals surface area contributed by atoms with Crippen molar-refractivity contribution in [3.05, 3.63) is 57.6 Å². The Morgan fingerprint density at radius 1 is 1.17 bits per heavy atom. The van der Waals surface area contributed by atoms with Gasteiger partial charge in [0.2, 0.25) is 5.91 Å². The Hall–Kier alpha value is -2.42. The molecule has 2 N–H and O–H groups in total. The summed E-state index contributed by atoms with van der Waals surface area (Å²) in [4.78, 5) is 27.0. The van der Waals surface area contributed by atoms with Crippen LogP contribution in [0.2, 0.25) is 0 Å². The molecule has 0 saturated heterocycles. The lowest BCUT2D eigenvalue weighted by molar-refractivity contribution is -0.125. The molecule has 0 bridgehead atoms. The van der Waals surface area contributed by atoms with Gasteiger partial charge in [0.05, 0.1) is 38.6 Å². The van der Waals surface area contributed by atoms with E-state index >= 15 is 0 Å². The van der Waals surface area contributed by atoms with Crippen molar-refractivity contribution in [2.45, 2.75) is 18.4 Å². The standard InChI is InChI=1S/C21H22BrNO6/c1-28-15-5-3-13(4-6-15)11-23-17-10-14(19(26)29-2)9-16(22)18(17)21(12-25,7-8-24)20(23)27/h3-6,9-10,24-25H,7-8,11-12H2,1-2H3. The molecule has 0 aliphatic carbocycles. The summed E-state index contributed by atoms with van der Waals surface area (Å²) < 4.78 is 10.5. The van der Waals surface area contributed by atoms with Crippen LogP contribution in [0.25, 0.3) is 0 Å². The SMILES string of the molecule is COC(=O)c1cc(Br)c2c(c1)N(Cc1ccc(OC)cc1)C(=O)C2(CO)CCO. The first kappa shape index (κ1) is 21.3. The Balaban J connectivity index is 2.13. The molecule has 1 unspecified atom stereocenters. The second-order valence-electron chi connectivity index (χ2n) is 6.80. The van der Waals surface area contributed by atoms with E-state index in [1.807, 2.05) is 12.1 Å². The summed E-state index contributed by atoms with van der Waals surface area (Å²) >= 11 is 3.45. The molecule has 154 valence electrons. The summed E-state index contributed by atoms with van der Waals surface area (Å²) in [6.07, 6.45) is 0.0601. The van der Waals surface area contributed by atoms with Crippen LogP contribution in [-0.2, 0) is 21.5 Å². The van der Waals surface area contributed by atoms with Gasteiger partial charge in [-0.25, -0.2) is 4.79 Å². The number of halogens is 1. The number of rotatable bonds is 7. The second kappa shape index (κ2) is 8.52. The van der Waals surface area contributed by atoms with Crippen LogP contribution in [0.1, 0.15) is 27.9 Å². The summed E-state index contributed by atoms with van der Waals surface area (Å²) in [7, 11) is 2.86. The van der Waals surface area contributed by atoms with Crippen molar-refractivity contribution in [2.75, 3.05) is 32.3 Å². The van der Waals surface area contributed by atoms with Crippen molar-refractivity contribution < 1.29 is 29.3 Å². The molecule has 1 atom stereocenters. The topological polar surface area (TPSA) is 96.3 Å². The third-order valence-electron chi connectivity index (χ3n) is 5.22. The maximum atomic E-state index is 13.4. The van der Waals surface area contributed by atoms with Crippen LogP contribution < -0.4 is 9.64 Å². The number of nitrogens with zero attached hydrogens (tertiary/aromatic N) is 1. The van der Waals surface area contributed by atoms with Crippen LogP contribution in [0.4, 0.5) is 5.69 Å². The van der Waals surface area contributed by atoms with Crippen molar-refractivity contribution in [3.63, 3.8) is 0 Å². The summed E-state index contributed by atoms with van der Waals surface area (Å²) in [5.74, 6) is -0.167. The number of carbonyl (C=O) groups excluding carboxylic acids is 2. The van der Waals surface area contributed by atoms with E-state index in [9.17, 15) is 19.8 Å². The molecular formula is C21H22BrNO6. The van der Waals surface area contributed by atoms with Gasteiger partial charge < -0.3 is 24.6 Å². The molecule has 0 radical (unpaired) electrons. The lowest BCUT2D eigenvalue weighted by Crippen LogP contribution is -2.43. The normalized spacial score (nSPS) is 18.0. The zero-order chi connectivity index (χ0) is 21.2. The molecule has 1 aliphatic heterocycles. The molecule has 2 aromatic carbocycles. The second-order valence-corrected chi connectivity index (χ2v) is 7.65. The van der Waals surface area contributed by atoms with E-state index in [1.54, 1.807) is 31.4 Å². The minimum absolute atomic E-state index is 0.0601. The molecule has 0 fully saturated rings. The van der Waals surface area contributed by atoms with Crippen LogP contribution in [0.5, 0.6) is 5.75 Å². The highest BCUT2D eigenvalue weighted by atomic mass is 79.9. The summed E-state index contributed by atoms with van der Waals surface area (Å²) in [5.41, 5.74) is 0.901. The fraction of sp³-hybridized carbons (Fsp3) is 0.333. The Morgan fingerprint density at radius 2 is 1.86 bits per heavy atom. The number of fused-ring (bicyclic) bond motifs is 1. The van der Waals surface area contributed by atoms with Crippen LogP contribution in [0.15, 0.2) is 40.9 Å². The highest BCUT2D eigenvalue weighted by Gasteiger charge is 2.51. The van der Waals surface area contributed by atoms with E-state index in [2.05, 4.69) is 15.9 Å². The zero-order valence-corrected chi connectivity index (χ0v) is 17.7. The minimum atomic E-state index is -1.29. The minimum Gasteiger partial charge on any atom is -0.497 e. The van der Waals surface area contributed by atoms with Gasteiger partial charge in [-0.1, -0.05) is 28.1 Å². The maximum Gasteiger partial charge on any atom is 0.337 e. The molecule has 0 aromatic heterocycles. The maximum absolute atomic E-state index is 13.4. The van der Waals surface area contributed by atoms with Crippen molar-refractivity contribution in [1.29, 1.82) is 0 Å². The number of amides is 1. The average molecular weight is 464 g/mol. The van der Waals surface area contributed by atoms with Crippen molar-refractivity contribution >= 4 is 33.5 Å². The third kappa shape index (κ3) is 3.63. The van der Waals surface area contributed by atoms with Crippen LogP contribution in [0.3, 0.4) is 0 Å². The van der Waals surface area contributed by atoms with E-state index in [1.165, 1.54) is 12.0 Å². The van der Waals surface area contributed by atoms with E-state index < -0.39 is 18.0 Å². The Bertz CT molecular complexity index is 930. The molecular weight excluding hydrogens is 442 g/mol. The van der Waals surface area contributed by atoms with Crippen molar-refractivity contribution in [3.8, 4) is 5.75 Å². The molecule has 1 amide bonds. The van der Waals surface area contributed by atoms with E-state index in [-0.39, 0.29) is 31.0 Å². The lowest BCUT2D eigenvalue weighted by atomic mass is 9.79. The Kier molecular flexibility index (Phi) is 6.26. The molecule has 1 heterocycles. The smallest absolute Gasteiger partial charge is 0.337 e. The van der Waals surface area contributed by atoms with Gasteiger partial charge in [0.25, 0.3) is 0 Å². The summed E-state index contributed by atoms with van der Waals surface area (Å²) in [5, 5.41) is 19.8. The third-order valence-corrected chi connectivity index (χ3v) is 5.85. The van der Waals surface area contributed by atoms with E-state index in [4.69, 9.17) is 9.47 Å². The van der Waals surface area contributed by atoms with Gasteiger partial charge in [0, 0.05) is 16.6 Å². The van der Waals surface area contributed by atoms with Gasteiger partial charge in [-0.3, -0.25) is 4.79 Å². The van der Waals surface area contributed by atoms with Crippen LogP contribution in [-0.4, -0.2) is 49.5 Å². The molecule has 0 spiro atoms. The molecule has 3 rings (SSSR count). The highest BCUT2D eigenvalue weighted by molar-refractivity contribution is 9.10. The van der Waals surface area contributed by atoms with Crippen molar-refractivity contribution in [2.24, 2.45) is 0 Å². The molecule has 7 nitrogen and oxygen atoms in total. The summed E-state index contributed by atoms with van der Waals surface area (Å²) in [6, 6.07) is 10.4. The number of carbonyl (C=O) groups is 2. The highest BCUT2D eigenvalue weighted by Crippen LogP contribution is 2.48. The zero-order valence-electron chi connectivity index (χ0n) is 16.1. The number of aliphatic hydroxyl groups is 2. The molecule has 29 heavy (non-hydrogen) atoms. The number of methoxy groups -OCH3 is 2. The number of ether oxygens (including phenoxy) is 2. The van der Waals surface area contributed by atoms with Crippen molar-refractivity contribution in [1.82, 2.24) is 0 Å². The average Bonchev–Trinajstić information content (AvgIpc) is 2.97. The number of anilines is 1. The van der Waals surface area contributed by atoms with Gasteiger partial charge in [-0.15, -0.1) is 0 Å². The first-order valence-corrected chi connectivity index (χ1v) is 9.80. The summed E-state index contributed by atoms with van der Waals surface area (Å²) in [6.45, 7) is -0.498. The number of hydrogen-bond donors (Lipinski definition) is 2. The molecule has 8 heteroatoms.